The van der Waals surface area contributed by atoms with Crippen molar-refractivity contribution >= 4 is 39.3 Å². The summed E-state index contributed by atoms with van der Waals surface area (Å²) in [6.07, 6.45) is 0. The summed E-state index contributed by atoms with van der Waals surface area (Å²) in [6, 6.07) is 3.86. The number of benzene rings is 1. The molecule has 0 unspecified atom stereocenters. The maximum absolute atomic E-state index is 12.6. The number of ketones is 1. The first-order chi connectivity index (χ1) is 10.8. The molecule has 1 rings (SSSR count). The average Bonchev–Trinajstić information content (AvgIpc) is 2.47. The highest BCUT2D eigenvalue weighted by atomic mass is 79.9. The number of rotatable bonds is 7. The van der Waals surface area contributed by atoms with E-state index in [4.69, 9.17) is 9.47 Å². The number of ether oxygens (including phenoxy) is 2. The number of carbonyl (C=O) groups excluding carboxylic acids is 3. The van der Waals surface area contributed by atoms with Crippen molar-refractivity contribution in [3.05, 3.63) is 38.3 Å². The van der Waals surface area contributed by atoms with E-state index < -0.39 is 34.3 Å². The molecule has 1 aromatic carbocycles. The molecule has 0 aliphatic heterocycles. The second-order valence-corrected chi connectivity index (χ2v) is 5.05. The Hall–Kier alpha value is -2.29. The molecule has 124 valence electrons. The molecule has 0 heterocycles. The molecule has 23 heavy (non-hydrogen) atoms. The third-order valence-corrected chi connectivity index (χ3v) is 3.40. The summed E-state index contributed by atoms with van der Waals surface area (Å²) in [5, 5.41) is 11.1. The lowest BCUT2D eigenvalue weighted by Gasteiger charge is -2.14. The van der Waals surface area contributed by atoms with E-state index in [1.165, 1.54) is 26.0 Å². The van der Waals surface area contributed by atoms with Crippen LogP contribution in [0, 0.1) is 16.0 Å². The van der Waals surface area contributed by atoms with Crippen LogP contribution in [0.2, 0.25) is 0 Å². The first kappa shape index (κ1) is 18.8. The monoisotopic (exact) mass is 387 g/mol. The van der Waals surface area contributed by atoms with Crippen LogP contribution in [0.5, 0.6) is 0 Å². The van der Waals surface area contributed by atoms with Gasteiger partial charge in [0, 0.05) is 10.5 Å². The van der Waals surface area contributed by atoms with Gasteiger partial charge in [0.25, 0.3) is 5.69 Å². The van der Waals surface area contributed by atoms with Crippen molar-refractivity contribution in [3.8, 4) is 0 Å². The van der Waals surface area contributed by atoms with Gasteiger partial charge in [-0.2, -0.15) is 0 Å². The molecule has 0 saturated carbocycles. The minimum absolute atomic E-state index is 0.0555. The number of nitro groups is 1. The van der Waals surface area contributed by atoms with Crippen molar-refractivity contribution in [1.29, 1.82) is 0 Å². The third-order valence-electron chi connectivity index (χ3n) is 2.74. The first-order valence-corrected chi connectivity index (χ1v) is 7.44. The molecule has 0 saturated heterocycles. The SMILES string of the molecule is CCOC(=O)C(C(=O)OCC)C(=O)c1c(Br)cccc1[N+](=O)[O-]. The molecule has 0 aliphatic rings. The Bertz CT molecular complexity index is 626. The first-order valence-electron chi connectivity index (χ1n) is 6.65. The van der Waals surface area contributed by atoms with E-state index in [-0.39, 0.29) is 23.2 Å². The third kappa shape index (κ3) is 4.35. The summed E-state index contributed by atoms with van der Waals surface area (Å²) in [7, 11) is 0. The Kier molecular flexibility index (Phi) is 6.83. The van der Waals surface area contributed by atoms with Crippen molar-refractivity contribution in [2.24, 2.45) is 5.92 Å². The molecule has 8 nitrogen and oxygen atoms in total. The van der Waals surface area contributed by atoms with Crippen molar-refractivity contribution < 1.29 is 28.8 Å². The lowest BCUT2D eigenvalue weighted by Crippen LogP contribution is -2.35. The molecular weight excluding hydrogens is 374 g/mol. The average molecular weight is 388 g/mol. The summed E-state index contributed by atoms with van der Waals surface area (Å²) >= 11 is 3.03. The van der Waals surface area contributed by atoms with Gasteiger partial charge < -0.3 is 9.47 Å². The summed E-state index contributed by atoms with van der Waals surface area (Å²) in [5.74, 6) is -5.18. The Morgan fingerprint density at radius 3 is 2.13 bits per heavy atom. The number of nitrogens with zero attached hydrogens (tertiary/aromatic N) is 1. The zero-order valence-corrected chi connectivity index (χ0v) is 14.0. The molecule has 0 spiro atoms. The van der Waals surface area contributed by atoms with E-state index in [1.807, 2.05) is 0 Å². The topological polar surface area (TPSA) is 113 Å². The predicted octanol–water partition coefficient (Wildman–Crippen LogP) is 2.28. The molecular formula is C14H14BrNO7. The van der Waals surface area contributed by atoms with Crippen LogP contribution in [0.3, 0.4) is 0 Å². The van der Waals surface area contributed by atoms with Crippen LogP contribution in [-0.4, -0.2) is 35.9 Å². The molecule has 0 radical (unpaired) electrons. The number of Topliss-reactive ketones (excluding diaryl/α,β-unsaturated/α-hetero) is 1. The fourth-order valence-electron chi connectivity index (χ4n) is 1.81. The minimum atomic E-state index is -1.91. The van der Waals surface area contributed by atoms with E-state index in [2.05, 4.69) is 15.9 Å². The van der Waals surface area contributed by atoms with Crippen LogP contribution >= 0.6 is 15.9 Å². The summed E-state index contributed by atoms with van der Waals surface area (Å²) in [4.78, 5) is 46.8. The van der Waals surface area contributed by atoms with Crippen LogP contribution in [0.1, 0.15) is 24.2 Å². The molecule has 0 fully saturated rings. The lowest BCUT2D eigenvalue weighted by molar-refractivity contribution is -0.385. The van der Waals surface area contributed by atoms with Gasteiger partial charge in [0.1, 0.15) is 5.56 Å². The molecule has 0 aliphatic carbocycles. The number of halogens is 1. The van der Waals surface area contributed by atoms with Crippen molar-refractivity contribution in [1.82, 2.24) is 0 Å². The van der Waals surface area contributed by atoms with Gasteiger partial charge in [-0.05, 0) is 35.8 Å². The molecule has 0 atom stereocenters. The van der Waals surface area contributed by atoms with Crippen LogP contribution < -0.4 is 0 Å². The Balaban J connectivity index is 3.38. The van der Waals surface area contributed by atoms with E-state index in [0.29, 0.717) is 0 Å². The van der Waals surface area contributed by atoms with E-state index >= 15 is 0 Å². The zero-order chi connectivity index (χ0) is 17.6. The number of hydrogen-bond acceptors (Lipinski definition) is 7. The van der Waals surface area contributed by atoms with E-state index in [9.17, 15) is 24.5 Å². The van der Waals surface area contributed by atoms with Gasteiger partial charge in [0.2, 0.25) is 5.92 Å². The van der Waals surface area contributed by atoms with Crippen LogP contribution in [-0.2, 0) is 19.1 Å². The predicted molar refractivity (Wildman–Crippen MR) is 81.9 cm³/mol. The smallest absolute Gasteiger partial charge is 0.328 e. The van der Waals surface area contributed by atoms with Crippen molar-refractivity contribution in [2.45, 2.75) is 13.8 Å². The van der Waals surface area contributed by atoms with Gasteiger partial charge in [-0.25, -0.2) is 0 Å². The molecule has 0 aromatic heterocycles. The Morgan fingerprint density at radius 1 is 1.17 bits per heavy atom. The van der Waals surface area contributed by atoms with E-state index in [1.54, 1.807) is 0 Å². The van der Waals surface area contributed by atoms with Gasteiger partial charge in [-0.1, -0.05) is 6.07 Å². The zero-order valence-electron chi connectivity index (χ0n) is 12.4. The van der Waals surface area contributed by atoms with Crippen LogP contribution in [0.4, 0.5) is 5.69 Å². The summed E-state index contributed by atoms with van der Waals surface area (Å²) < 4.78 is 9.51. The maximum Gasteiger partial charge on any atom is 0.328 e. The maximum atomic E-state index is 12.6. The van der Waals surface area contributed by atoms with Gasteiger partial charge in [-0.3, -0.25) is 24.5 Å². The second-order valence-electron chi connectivity index (χ2n) is 4.19. The molecule has 0 amide bonds. The quantitative estimate of drug-likeness (QED) is 0.232. The van der Waals surface area contributed by atoms with E-state index in [0.717, 1.165) is 6.07 Å². The molecule has 1 aromatic rings. The van der Waals surface area contributed by atoms with Gasteiger partial charge in [0.05, 0.1) is 18.1 Å². The largest absolute Gasteiger partial charge is 0.465 e. The highest BCUT2D eigenvalue weighted by Crippen LogP contribution is 2.29. The van der Waals surface area contributed by atoms with Crippen molar-refractivity contribution in [2.75, 3.05) is 13.2 Å². The highest BCUT2D eigenvalue weighted by Gasteiger charge is 2.41. The normalized spacial score (nSPS) is 10.3. The second kappa shape index (κ2) is 8.37. The van der Waals surface area contributed by atoms with Gasteiger partial charge in [-0.15, -0.1) is 0 Å². The lowest BCUT2D eigenvalue weighted by atomic mass is 9.96. The van der Waals surface area contributed by atoms with Crippen LogP contribution in [0.15, 0.2) is 22.7 Å². The van der Waals surface area contributed by atoms with Crippen LogP contribution in [0.25, 0.3) is 0 Å². The Morgan fingerprint density at radius 2 is 1.70 bits per heavy atom. The molecule has 0 N–H and O–H groups in total. The van der Waals surface area contributed by atoms with Crippen molar-refractivity contribution in [3.63, 3.8) is 0 Å². The fraction of sp³-hybridized carbons (Fsp3) is 0.357. The van der Waals surface area contributed by atoms with Gasteiger partial charge >= 0.3 is 11.9 Å². The minimum Gasteiger partial charge on any atom is -0.465 e. The standard InChI is InChI=1S/C14H14BrNO7/c1-3-22-13(18)11(14(19)23-4-2)12(17)10-8(15)6-5-7-9(10)16(20)21/h5-7,11H,3-4H2,1-2H3. The fourth-order valence-corrected chi connectivity index (χ4v) is 2.37. The number of carbonyl (C=O) groups is 3. The number of nitro benzene ring substituents is 1. The molecule has 0 bridgehead atoms. The highest BCUT2D eigenvalue weighted by molar-refractivity contribution is 9.10. The Labute approximate surface area is 140 Å². The molecule has 9 heteroatoms. The number of hydrogen-bond donors (Lipinski definition) is 0. The van der Waals surface area contributed by atoms with Gasteiger partial charge in [0.15, 0.2) is 5.78 Å². The number of esters is 2. The summed E-state index contributed by atoms with van der Waals surface area (Å²) in [5.41, 5.74) is -0.911. The summed E-state index contributed by atoms with van der Waals surface area (Å²) in [6.45, 7) is 2.90.